The summed E-state index contributed by atoms with van der Waals surface area (Å²) in [4.78, 5) is 21.2. The Morgan fingerprint density at radius 3 is 2.74 bits per heavy atom. The van der Waals surface area contributed by atoms with Crippen LogP contribution in [0.5, 0.6) is 0 Å². The average molecular weight is 365 g/mol. The van der Waals surface area contributed by atoms with Gasteiger partial charge in [0, 0.05) is 38.4 Å². The molecule has 2 aliphatic heterocycles. The van der Waals surface area contributed by atoms with Crippen molar-refractivity contribution in [3.8, 4) is 0 Å². The molecule has 1 aromatic carbocycles. The number of amides is 2. The van der Waals surface area contributed by atoms with Crippen molar-refractivity contribution in [1.82, 2.24) is 10.3 Å². The Morgan fingerprint density at radius 2 is 1.93 bits per heavy atom. The van der Waals surface area contributed by atoms with E-state index in [-0.39, 0.29) is 6.03 Å². The van der Waals surface area contributed by atoms with E-state index in [4.69, 9.17) is 0 Å². The van der Waals surface area contributed by atoms with Crippen LogP contribution >= 0.6 is 0 Å². The van der Waals surface area contributed by atoms with Gasteiger partial charge in [-0.1, -0.05) is 18.2 Å². The smallest absolute Gasteiger partial charge is 0.319 e. The minimum absolute atomic E-state index is 0.174. The van der Waals surface area contributed by atoms with Gasteiger partial charge in [-0.2, -0.15) is 0 Å². The van der Waals surface area contributed by atoms with Gasteiger partial charge >= 0.3 is 6.03 Å². The summed E-state index contributed by atoms with van der Waals surface area (Å²) in [6.45, 7) is 4.83. The van der Waals surface area contributed by atoms with Crippen molar-refractivity contribution < 1.29 is 4.79 Å². The number of nitrogens with one attached hydrogen (secondary N) is 2. The van der Waals surface area contributed by atoms with Gasteiger partial charge < -0.3 is 20.4 Å². The SMILES string of the molecule is O=C(NCCCN1CCc2ccccc21)Nc1ccc(N2CCCC2)nc1. The highest BCUT2D eigenvalue weighted by Crippen LogP contribution is 2.27. The van der Waals surface area contributed by atoms with Crippen LogP contribution in [0.1, 0.15) is 24.8 Å². The summed E-state index contributed by atoms with van der Waals surface area (Å²) >= 11 is 0. The highest BCUT2D eigenvalue weighted by atomic mass is 16.2. The fourth-order valence-corrected chi connectivity index (χ4v) is 3.88. The first-order valence-corrected chi connectivity index (χ1v) is 9.88. The minimum Gasteiger partial charge on any atom is -0.371 e. The molecule has 0 spiro atoms. The van der Waals surface area contributed by atoms with Crippen molar-refractivity contribution in [2.24, 2.45) is 0 Å². The number of benzene rings is 1. The van der Waals surface area contributed by atoms with Crippen LogP contribution in [0.25, 0.3) is 0 Å². The maximum Gasteiger partial charge on any atom is 0.319 e. The number of rotatable bonds is 6. The molecule has 2 aliphatic rings. The molecule has 2 amide bonds. The van der Waals surface area contributed by atoms with E-state index in [1.54, 1.807) is 6.20 Å². The average Bonchev–Trinajstić information content (AvgIpc) is 3.36. The molecule has 0 unspecified atom stereocenters. The first-order valence-electron chi connectivity index (χ1n) is 9.88. The van der Waals surface area contributed by atoms with Gasteiger partial charge in [-0.25, -0.2) is 9.78 Å². The summed E-state index contributed by atoms with van der Waals surface area (Å²) in [7, 11) is 0. The minimum atomic E-state index is -0.174. The van der Waals surface area contributed by atoms with Crippen LogP contribution in [-0.4, -0.2) is 43.7 Å². The van der Waals surface area contributed by atoms with Crippen molar-refractivity contribution in [3.05, 3.63) is 48.2 Å². The Kier molecular flexibility index (Phi) is 5.42. The van der Waals surface area contributed by atoms with Crippen molar-refractivity contribution >= 4 is 23.2 Å². The molecule has 0 atom stereocenters. The van der Waals surface area contributed by atoms with E-state index in [1.807, 2.05) is 12.1 Å². The normalized spacial score (nSPS) is 15.7. The lowest BCUT2D eigenvalue weighted by Crippen LogP contribution is -2.32. The molecule has 0 bridgehead atoms. The van der Waals surface area contributed by atoms with Gasteiger partial charge in [0.2, 0.25) is 0 Å². The van der Waals surface area contributed by atoms with Crippen LogP contribution in [0, 0.1) is 0 Å². The Morgan fingerprint density at radius 1 is 1.07 bits per heavy atom. The number of carbonyl (C=O) groups is 1. The zero-order valence-corrected chi connectivity index (χ0v) is 15.7. The summed E-state index contributed by atoms with van der Waals surface area (Å²) in [5.41, 5.74) is 3.49. The van der Waals surface area contributed by atoms with Gasteiger partial charge in [-0.15, -0.1) is 0 Å². The number of para-hydroxylation sites is 1. The predicted octanol–water partition coefficient (Wildman–Crippen LogP) is 3.26. The zero-order chi connectivity index (χ0) is 18.5. The Bertz CT molecular complexity index is 770. The van der Waals surface area contributed by atoms with E-state index < -0.39 is 0 Å². The topological polar surface area (TPSA) is 60.5 Å². The lowest BCUT2D eigenvalue weighted by atomic mass is 10.2. The number of urea groups is 1. The van der Waals surface area contributed by atoms with Gasteiger partial charge in [-0.3, -0.25) is 0 Å². The highest BCUT2D eigenvalue weighted by molar-refractivity contribution is 5.89. The monoisotopic (exact) mass is 365 g/mol. The summed E-state index contributed by atoms with van der Waals surface area (Å²) in [6.07, 6.45) is 6.23. The Hall–Kier alpha value is -2.76. The first kappa shape index (κ1) is 17.6. The van der Waals surface area contributed by atoms with Crippen molar-refractivity contribution in [2.75, 3.05) is 47.8 Å². The fraction of sp³-hybridized carbons (Fsp3) is 0.429. The van der Waals surface area contributed by atoms with Crippen LogP contribution in [0.15, 0.2) is 42.6 Å². The van der Waals surface area contributed by atoms with Crippen molar-refractivity contribution in [3.63, 3.8) is 0 Å². The molecular weight excluding hydrogens is 338 g/mol. The number of anilines is 3. The van der Waals surface area contributed by atoms with E-state index in [0.717, 1.165) is 50.5 Å². The number of hydrogen-bond donors (Lipinski definition) is 2. The molecule has 2 aromatic rings. The standard InChI is InChI=1S/C21H27N5O/c27-21(24-18-8-9-20(23-16-18)26-12-3-4-13-26)22-11-5-14-25-15-10-17-6-1-2-7-19(17)25/h1-2,6-9,16H,3-5,10-15H2,(H2,22,24,27). The van der Waals surface area contributed by atoms with Crippen LogP contribution in [0.3, 0.4) is 0 Å². The largest absolute Gasteiger partial charge is 0.371 e. The van der Waals surface area contributed by atoms with Crippen molar-refractivity contribution in [2.45, 2.75) is 25.7 Å². The molecule has 0 saturated carbocycles. The Balaban J connectivity index is 1.18. The maximum atomic E-state index is 12.1. The molecule has 6 nitrogen and oxygen atoms in total. The molecule has 4 rings (SSSR count). The third-order valence-corrected chi connectivity index (χ3v) is 5.31. The number of aromatic nitrogens is 1. The third-order valence-electron chi connectivity index (χ3n) is 5.31. The second-order valence-electron chi connectivity index (χ2n) is 7.20. The highest BCUT2D eigenvalue weighted by Gasteiger charge is 2.17. The molecule has 0 radical (unpaired) electrons. The van der Waals surface area contributed by atoms with Gasteiger partial charge in [-0.05, 0) is 49.4 Å². The fourth-order valence-electron chi connectivity index (χ4n) is 3.88. The molecule has 3 heterocycles. The van der Waals surface area contributed by atoms with E-state index >= 15 is 0 Å². The zero-order valence-electron chi connectivity index (χ0n) is 15.7. The van der Waals surface area contributed by atoms with Crippen LogP contribution < -0.4 is 20.4 Å². The molecule has 142 valence electrons. The number of carbonyl (C=O) groups excluding carboxylic acids is 1. The number of nitrogens with zero attached hydrogens (tertiary/aromatic N) is 3. The van der Waals surface area contributed by atoms with Gasteiger partial charge in [0.1, 0.15) is 5.82 Å². The van der Waals surface area contributed by atoms with E-state index in [0.29, 0.717) is 6.54 Å². The van der Waals surface area contributed by atoms with Crippen molar-refractivity contribution in [1.29, 1.82) is 0 Å². The van der Waals surface area contributed by atoms with Crippen LogP contribution in [0.4, 0.5) is 22.0 Å². The van der Waals surface area contributed by atoms with E-state index in [9.17, 15) is 4.79 Å². The van der Waals surface area contributed by atoms with Gasteiger partial charge in [0.25, 0.3) is 0 Å². The first-order chi connectivity index (χ1) is 13.3. The molecule has 1 saturated heterocycles. The molecule has 6 heteroatoms. The predicted molar refractivity (Wildman–Crippen MR) is 110 cm³/mol. The molecular formula is C21H27N5O. The second kappa shape index (κ2) is 8.29. The lowest BCUT2D eigenvalue weighted by Gasteiger charge is -2.19. The van der Waals surface area contributed by atoms with Gasteiger partial charge in [0.05, 0.1) is 11.9 Å². The molecule has 1 aromatic heterocycles. The summed E-state index contributed by atoms with van der Waals surface area (Å²) in [6, 6.07) is 12.3. The molecule has 0 aliphatic carbocycles. The number of fused-ring (bicyclic) bond motifs is 1. The third kappa shape index (κ3) is 4.32. The Labute approximate surface area is 160 Å². The molecule has 2 N–H and O–H groups in total. The molecule has 1 fully saturated rings. The molecule has 27 heavy (non-hydrogen) atoms. The summed E-state index contributed by atoms with van der Waals surface area (Å²) < 4.78 is 0. The number of pyridine rings is 1. The summed E-state index contributed by atoms with van der Waals surface area (Å²) in [5, 5.41) is 5.79. The maximum absolute atomic E-state index is 12.1. The lowest BCUT2D eigenvalue weighted by molar-refractivity contribution is 0.252. The van der Waals surface area contributed by atoms with E-state index in [1.165, 1.54) is 24.1 Å². The second-order valence-corrected chi connectivity index (χ2v) is 7.20. The quantitative estimate of drug-likeness (QED) is 0.772. The summed E-state index contributed by atoms with van der Waals surface area (Å²) in [5.74, 6) is 0.990. The van der Waals surface area contributed by atoms with Gasteiger partial charge in [0.15, 0.2) is 0 Å². The van der Waals surface area contributed by atoms with Crippen LogP contribution in [-0.2, 0) is 6.42 Å². The van der Waals surface area contributed by atoms with Crippen LogP contribution in [0.2, 0.25) is 0 Å². The van der Waals surface area contributed by atoms with E-state index in [2.05, 4.69) is 49.7 Å². The number of hydrogen-bond acceptors (Lipinski definition) is 4.